The highest BCUT2D eigenvalue weighted by Crippen LogP contribution is 2.29. The van der Waals surface area contributed by atoms with E-state index in [0.717, 1.165) is 32.5 Å². The molecule has 0 amide bonds. The first-order chi connectivity index (χ1) is 7.55. The van der Waals surface area contributed by atoms with E-state index < -0.39 is 0 Å². The van der Waals surface area contributed by atoms with Crippen molar-refractivity contribution in [2.24, 2.45) is 5.41 Å². The molecule has 1 fully saturated rings. The van der Waals surface area contributed by atoms with Crippen molar-refractivity contribution in [3.8, 4) is 0 Å². The topological polar surface area (TPSA) is 36.4 Å². The van der Waals surface area contributed by atoms with Gasteiger partial charge in [-0.05, 0) is 18.3 Å². The molecule has 0 unspecified atom stereocenters. The molecule has 1 N–H and O–H groups in total. The van der Waals surface area contributed by atoms with E-state index in [9.17, 15) is 5.11 Å². The van der Waals surface area contributed by atoms with Crippen LogP contribution < -0.4 is 0 Å². The van der Waals surface area contributed by atoms with Gasteiger partial charge >= 0.3 is 0 Å². The lowest BCUT2D eigenvalue weighted by Gasteiger charge is -2.29. The van der Waals surface area contributed by atoms with E-state index in [2.05, 4.69) is 23.7 Å². The van der Waals surface area contributed by atoms with E-state index in [1.807, 2.05) is 11.7 Å². The standard InChI is InChI=1S/C12H20N2OS/c1-12(2)5-10(15)3-4-14(8-12)7-11-6-13-9-16-11/h6,9-10,15H,3-5,7-8H2,1-2H3/t10-/m0/s1. The lowest BCUT2D eigenvalue weighted by molar-refractivity contribution is 0.121. The molecule has 0 spiro atoms. The maximum absolute atomic E-state index is 9.83. The molecule has 0 radical (unpaired) electrons. The maximum Gasteiger partial charge on any atom is 0.0794 e. The highest BCUT2D eigenvalue weighted by molar-refractivity contribution is 7.09. The summed E-state index contributed by atoms with van der Waals surface area (Å²) in [5.41, 5.74) is 2.09. The smallest absolute Gasteiger partial charge is 0.0794 e. The predicted octanol–water partition coefficient (Wildman–Crippen LogP) is 2.13. The van der Waals surface area contributed by atoms with E-state index >= 15 is 0 Å². The lowest BCUT2D eigenvalue weighted by Crippen LogP contribution is -2.32. The van der Waals surface area contributed by atoms with Crippen molar-refractivity contribution in [1.82, 2.24) is 9.88 Å². The van der Waals surface area contributed by atoms with Crippen LogP contribution in [0, 0.1) is 5.41 Å². The van der Waals surface area contributed by atoms with Gasteiger partial charge in [-0.2, -0.15) is 0 Å². The molecule has 1 aromatic rings. The number of hydrogen-bond donors (Lipinski definition) is 1. The minimum absolute atomic E-state index is 0.138. The second-order valence-corrected chi connectivity index (χ2v) is 6.46. The molecule has 1 aromatic heterocycles. The van der Waals surface area contributed by atoms with Crippen LogP contribution in [0.4, 0.5) is 0 Å². The van der Waals surface area contributed by atoms with Crippen molar-refractivity contribution >= 4 is 11.3 Å². The summed E-state index contributed by atoms with van der Waals surface area (Å²) >= 11 is 1.71. The number of aromatic nitrogens is 1. The molecule has 4 heteroatoms. The molecule has 16 heavy (non-hydrogen) atoms. The number of likely N-dealkylation sites (tertiary alicyclic amines) is 1. The zero-order chi connectivity index (χ0) is 11.6. The lowest BCUT2D eigenvalue weighted by atomic mass is 9.87. The quantitative estimate of drug-likeness (QED) is 0.860. The van der Waals surface area contributed by atoms with Gasteiger partial charge in [0.05, 0.1) is 11.6 Å². The van der Waals surface area contributed by atoms with Gasteiger partial charge in [0.15, 0.2) is 0 Å². The second-order valence-electron chi connectivity index (χ2n) is 5.49. The van der Waals surface area contributed by atoms with E-state index in [4.69, 9.17) is 0 Å². The summed E-state index contributed by atoms with van der Waals surface area (Å²) in [4.78, 5) is 7.85. The number of nitrogens with zero attached hydrogens (tertiary/aromatic N) is 2. The highest BCUT2D eigenvalue weighted by atomic mass is 32.1. The second kappa shape index (κ2) is 4.82. The normalized spacial score (nSPS) is 26.6. The molecular formula is C12H20N2OS. The number of hydrogen-bond acceptors (Lipinski definition) is 4. The molecule has 3 nitrogen and oxygen atoms in total. The van der Waals surface area contributed by atoms with E-state index in [-0.39, 0.29) is 11.5 Å². The third-order valence-electron chi connectivity index (χ3n) is 3.08. The first-order valence-electron chi connectivity index (χ1n) is 5.83. The maximum atomic E-state index is 9.83. The minimum Gasteiger partial charge on any atom is -0.393 e. The molecule has 1 saturated heterocycles. The molecule has 1 aliphatic rings. The number of rotatable bonds is 2. The van der Waals surface area contributed by atoms with Gasteiger partial charge in [0, 0.05) is 30.7 Å². The monoisotopic (exact) mass is 240 g/mol. The summed E-state index contributed by atoms with van der Waals surface area (Å²) < 4.78 is 0. The molecule has 1 aliphatic heterocycles. The molecule has 0 bridgehead atoms. The Bertz CT molecular complexity index is 324. The Morgan fingerprint density at radius 2 is 2.44 bits per heavy atom. The summed E-state index contributed by atoms with van der Waals surface area (Å²) in [5, 5.41) is 9.83. The fourth-order valence-corrected chi connectivity index (χ4v) is 3.13. The average molecular weight is 240 g/mol. The van der Waals surface area contributed by atoms with E-state index in [1.54, 1.807) is 11.3 Å². The molecule has 2 heterocycles. The molecule has 0 aliphatic carbocycles. The van der Waals surface area contributed by atoms with Crippen LogP contribution >= 0.6 is 11.3 Å². The van der Waals surface area contributed by atoms with Crippen LogP contribution in [0.1, 0.15) is 31.6 Å². The minimum atomic E-state index is -0.138. The summed E-state index contributed by atoms with van der Waals surface area (Å²) in [6.45, 7) is 7.49. The fourth-order valence-electron chi connectivity index (χ4n) is 2.50. The van der Waals surface area contributed by atoms with Gasteiger partial charge in [-0.15, -0.1) is 11.3 Å². The Hall–Kier alpha value is -0.450. The first kappa shape index (κ1) is 12.0. The summed E-state index contributed by atoms with van der Waals surface area (Å²) in [7, 11) is 0. The zero-order valence-corrected chi connectivity index (χ0v) is 10.8. The first-order valence-corrected chi connectivity index (χ1v) is 6.71. The molecule has 2 rings (SSSR count). The van der Waals surface area contributed by atoms with Crippen LogP contribution in [0.25, 0.3) is 0 Å². The van der Waals surface area contributed by atoms with Gasteiger partial charge in [0.1, 0.15) is 0 Å². The van der Waals surface area contributed by atoms with Crippen LogP contribution in [0.15, 0.2) is 11.7 Å². The van der Waals surface area contributed by atoms with E-state index in [0.29, 0.717) is 0 Å². The van der Waals surface area contributed by atoms with Gasteiger partial charge in [0.25, 0.3) is 0 Å². The van der Waals surface area contributed by atoms with Crippen molar-refractivity contribution < 1.29 is 5.11 Å². The molecule has 90 valence electrons. The van der Waals surface area contributed by atoms with Crippen LogP contribution in [-0.2, 0) is 6.54 Å². The van der Waals surface area contributed by atoms with Crippen LogP contribution in [0.3, 0.4) is 0 Å². The number of thiazole rings is 1. The summed E-state index contributed by atoms with van der Waals surface area (Å²) in [5.74, 6) is 0. The fraction of sp³-hybridized carbons (Fsp3) is 0.750. The van der Waals surface area contributed by atoms with Gasteiger partial charge in [-0.1, -0.05) is 13.8 Å². The van der Waals surface area contributed by atoms with E-state index in [1.165, 1.54) is 4.88 Å². The number of aliphatic hydroxyl groups is 1. The largest absolute Gasteiger partial charge is 0.393 e. The van der Waals surface area contributed by atoms with Crippen LogP contribution in [0.5, 0.6) is 0 Å². The Morgan fingerprint density at radius 3 is 3.12 bits per heavy atom. The van der Waals surface area contributed by atoms with Crippen LogP contribution in [-0.4, -0.2) is 34.2 Å². The Morgan fingerprint density at radius 1 is 1.62 bits per heavy atom. The average Bonchev–Trinajstić information content (AvgIpc) is 2.60. The molecule has 0 saturated carbocycles. The number of aliphatic hydroxyl groups excluding tert-OH is 1. The third kappa shape index (κ3) is 3.27. The third-order valence-corrected chi connectivity index (χ3v) is 3.85. The SMILES string of the molecule is CC1(C)C[C@@H](O)CCN(Cc2cncs2)C1. The van der Waals surface area contributed by atoms with Crippen molar-refractivity contribution in [2.45, 2.75) is 39.3 Å². The highest BCUT2D eigenvalue weighted by Gasteiger charge is 2.29. The van der Waals surface area contributed by atoms with Gasteiger partial charge in [-0.3, -0.25) is 9.88 Å². The predicted molar refractivity (Wildman–Crippen MR) is 66.4 cm³/mol. The molecule has 0 aromatic carbocycles. The van der Waals surface area contributed by atoms with Crippen molar-refractivity contribution in [2.75, 3.05) is 13.1 Å². The van der Waals surface area contributed by atoms with Crippen molar-refractivity contribution in [3.63, 3.8) is 0 Å². The zero-order valence-electron chi connectivity index (χ0n) is 10.0. The Balaban J connectivity index is 1.99. The molecular weight excluding hydrogens is 220 g/mol. The van der Waals surface area contributed by atoms with Gasteiger partial charge < -0.3 is 5.11 Å². The van der Waals surface area contributed by atoms with Crippen LogP contribution in [0.2, 0.25) is 0 Å². The Kier molecular flexibility index (Phi) is 3.62. The van der Waals surface area contributed by atoms with Gasteiger partial charge in [-0.25, -0.2) is 0 Å². The summed E-state index contributed by atoms with van der Waals surface area (Å²) in [6, 6.07) is 0. The summed E-state index contributed by atoms with van der Waals surface area (Å²) in [6.07, 6.45) is 3.61. The van der Waals surface area contributed by atoms with Crippen molar-refractivity contribution in [3.05, 3.63) is 16.6 Å². The molecule has 1 atom stereocenters. The van der Waals surface area contributed by atoms with Crippen molar-refractivity contribution in [1.29, 1.82) is 0 Å². The Labute approximate surface area is 101 Å². The van der Waals surface area contributed by atoms with Gasteiger partial charge in [0.2, 0.25) is 0 Å².